The third kappa shape index (κ3) is 4.33. The summed E-state index contributed by atoms with van der Waals surface area (Å²) in [5, 5.41) is 0. The Balaban J connectivity index is 2.69. The molecular formula is C12H23N2O3S+. The van der Waals surface area contributed by atoms with E-state index in [9.17, 15) is 8.42 Å². The number of imidazole rings is 1. The van der Waals surface area contributed by atoms with Crippen LogP contribution in [0.1, 0.15) is 39.5 Å². The van der Waals surface area contributed by atoms with E-state index in [1.165, 1.54) is 12.8 Å². The Morgan fingerprint density at radius 1 is 1.28 bits per heavy atom. The molecule has 0 amide bonds. The second-order valence-corrected chi connectivity index (χ2v) is 6.23. The highest BCUT2D eigenvalue weighted by atomic mass is 32.2. The van der Waals surface area contributed by atoms with E-state index < -0.39 is 10.1 Å². The molecule has 0 saturated heterocycles. The van der Waals surface area contributed by atoms with Crippen LogP contribution in [0.25, 0.3) is 0 Å². The van der Waals surface area contributed by atoms with Crippen molar-refractivity contribution in [1.82, 2.24) is 4.57 Å². The number of aryl methyl sites for hydroxylation is 2. The zero-order chi connectivity index (χ0) is 13.6. The maximum absolute atomic E-state index is 11.5. The van der Waals surface area contributed by atoms with Crippen molar-refractivity contribution in [2.75, 3.05) is 5.75 Å². The van der Waals surface area contributed by atoms with Crippen molar-refractivity contribution >= 4 is 10.1 Å². The molecule has 0 aliphatic rings. The van der Waals surface area contributed by atoms with Crippen LogP contribution in [-0.4, -0.2) is 18.7 Å². The highest BCUT2D eigenvalue weighted by Crippen LogP contribution is 2.11. The summed E-state index contributed by atoms with van der Waals surface area (Å²) in [6, 6.07) is 0.383. The van der Waals surface area contributed by atoms with Crippen LogP contribution in [0.2, 0.25) is 0 Å². The minimum atomic E-state index is -3.46. The van der Waals surface area contributed by atoms with Gasteiger partial charge in [-0.3, -0.25) is 0 Å². The Morgan fingerprint density at radius 2 is 2.00 bits per heavy atom. The van der Waals surface area contributed by atoms with Gasteiger partial charge in [-0.2, -0.15) is 17.6 Å². The number of hydrogen-bond donors (Lipinski definition) is 0. The summed E-state index contributed by atoms with van der Waals surface area (Å²) in [6.45, 7) is 4.53. The van der Waals surface area contributed by atoms with Gasteiger partial charge in [0.1, 0.15) is 12.4 Å². The second kappa shape index (κ2) is 6.78. The zero-order valence-electron chi connectivity index (χ0n) is 11.4. The molecule has 1 aromatic rings. The lowest BCUT2D eigenvalue weighted by molar-refractivity contribution is -0.674. The SMILES string of the molecule is CCCCCCn1cc[n+](C)c1OS(=O)(=O)CC. The predicted molar refractivity (Wildman–Crippen MR) is 69.8 cm³/mol. The summed E-state index contributed by atoms with van der Waals surface area (Å²) in [5.74, 6) is -0.0198. The summed E-state index contributed by atoms with van der Waals surface area (Å²) < 4.78 is 31.6. The molecular weight excluding hydrogens is 252 g/mol. The Kier molecular flexibility index (Phi) is 5.65. The van der Waals surface area contributed by atoms with Gasteiger partial charge in [-0.15, -0.1) is 0 Å². The molecule has 0 atom stereocenters. The molecule has 0 bridgehead atoms. The topological polar surface area (TPSA) is 52.2 Å². The lowest BCUT2D eigenvalue weighted by Crippen LogP contribution is -2.31. The minimum absolute atomic E-state index is 0.0198. The fourth-order valence-electron chi connectivity index (χ4n) is 1.67. The first-order valence-corrected chi connectivity index (χ1v) is 8.04. The maximum Gasteiger partial charge on any atom is 0.471 e. The third-order valence-electron chi connectivity index (χ3n) is 2.83. The quantitative estimate of drug-likeness (QED) is 0.411. The van der Waals surface area contributed by atoms with E-state index >= 15 is 0 Å². The molecule has 104 valence electrons. The Bertz CT molecular complexity index is 466. The van der Waals surface area contributed by atoms with Crippen molar-refractivity contribution in [2.45, 2.75) is 46.1 Å². The Morgan fingerprint density at radius 3 is 2.61 bits per heavy atom. The smallest absolute Gasteiger partial charge is 0.308 e. The van der Waals surface area contributed by atoms with Crippen molar-refractivity contribution < 1.29 is 17.2 Å². The average Bonchev–Trinajstić information content (AvgIpc) is 2.67. The largest absolute Gasteiger partial charge is 0.471 e. The molecule has 0 aliphatic carbocycles. The number of unbranched alkanes of at least 4 members (excludes halogenated alkanes) is 3. The van der Waals surface area contributed by atoms with Gasteiger partial charge >= 0.3 is 16.1 Å². The lowest BCUT2D eigenvalue weighted by Gasteiger charge is -2.04. The van der Waals surface area contributed by atoms with Gasteiger partial charge in [0.15, 0.2) is 0 Å². The molecule has 0 saturated carbocycles. The van der Waals surface area contributed by atoms with Gasteiger partial charge in [0, 0.05) is 0 Å². The van der Waals surface area contributed by atoms with Crippen molar-refractivity contribution in [2.24, 2.45) is 7.05 Å². The number of nitrogens with zero attached hydrogens (tertiary/aromatic N) is 2. The summed E-state index contributed by atoms with van der Waals surface area (Å²) in [7, 11) is -1.68. The van der Waals surface area contributed by atoms with Crippen molar-refractivity contribution in [3.05, 3.63) is 12.4 Å². The van der Waals surface area contributed by atoms with Crippen LogP contribution in [0.4, 0.5) is 0 Å². The normalized spacial score (nSPS) is 11.7. The van der Waals surface area contributed by atoms with Gasteiger partial charge < -0.3 is 4.18 Å². The number of aromatic nitrogens is 2. The van der Waals surface area contributed by atoms with Crippen molar-refractivity contribution in [3.8, 4) is 6.01 Å². The number of hydrogen-bond acceptors (Lipinski definition) is 3. The van der Waals surface area contributed by atoms with Gasteiger partial charge in [0.25, 0.3) is 0 Å². The van der Waals surface area contributed by atoms with E-state index in [1.54, 1.807) is 24.7 Å². The van der Waals surface area contributed by atoms with Crippen LogP contribution in [0.3, 0.4) is 0 Å². The molecule has 5 nitrogen and oxygen atoms in total. The van der Waals surface area contributed by atoms with Gasteiger partial charge in [-0.05, 0) is 19.8 Å². The molecule has 0 spiro atoms. The second-order valence-electron chi connectivity index (χ2n) is 4.38. The monoisotopic (exact) mass is 275 g/mol. The van der Waals surface area contributed by atoms with E-state index in [-0.39, 0.29) is 5.75 Å². The number of rotatable bonds is 8. The summed E-state index contributed by atoms with van der Waals surface area (Å²) in [4.78, 5) is 0. The highest BCUT2D eigenvalue weighted by molar-refractivity contribution is 7.87. The molecule has 6 heteroatoms. The standard InChI is InChI=1S/C12H23N2O3S/c1-4-6-7-8-9-14-11-10-13(3)12(14)17-18(15,16)5-2/h10-11H,4-9H2,1-3H3/q+1. The van der Waals surface area contributed by atoms with Gasteiger partial charge in [0.2, 0.25) is 0 Å². The van der Waals surface area contributed by atoms with Gasteiger partial charge in [0.05, 0.1) is 19.3 Å². The van der Waals surface area contributed by atoms with Crippen LogP contribution in [-0.2, 0) is 23.7 Å². The zero-order valence-corrected chi connectivity index (χ0v) is 12.2. The fraction of sp³-hybridized carbons (Fsp3) is 0.750. The first-order chi connectivity index (χ1) is 8.50. The summed E-state index contributed by atoms with van der Waals surface area (Å²) >= 11 is 0. The molecule has 0 aliphatic heterocycles. The average molecular weight is 275 g/mol. The van der Waals surface area contributed by atoms with E-state index in [4.69, 9.17) is 4.18 Å². The van der Waals surface area contributed by atoms with Crippen molar-refractivity contribution in [1.29, 1.82) is 0 Å². The third-order valence-corrected chi connectivity index (χ3v) is 3.94. The maximum atomic E-state index is 11.5. The molecule has 0 unspecified atom stereocenters. The molecule has 0 N–H and O–H groups in total. The lowest BCUT2D eigenvalue weighted by atomic mass is 10.2. The van der Waals surface area contributed by atoms with Gasteiger partial charge in [-0.25, -0.2) is 0 Å². The molecule has 1 aromatic heterocycles. The summed E-state index contributed by atoms with van der Waals surface area (Å²) in [5.41, 5.74) is 0. The first-order valence-electron chi connectivity index (χ1n) is 6.47. The van der Waals surface area contributed by atoms with Crippen LogP contribution in [0.15, 0.2) is 12.4 Å². The first kappa shape index (κ1) is 15.0. The van der Waals surface area contributed by atoms with Crippen molar-refractivity contribution in [3.63, 3.8) is 0 Å². The highest BCUT2D eigenvalue weighted by Gasteiger charge is 2.22. The van der Waals surface area contributed by atoms with E-state index in [2.05, 4.69) is 6.92 Å². The van der Waals surface area contributed by atoms with E-state index in [0.29, 0.717) is 6.01 Å². The van der Waals surface area contributed by atoms with Crippen LogP contribution in [0, 0.1) is 0 Å². The minimum Gasteiger partial charge on any atom is -0.308 e. The van der Waals surface area contributed by atoms with E-state index in [1.807, 2.05) is 10.8 Å². The summed E-state index contributed by atoms with van der Waals surface area (Å²) in [6.07, 6.45) is 8.24. The van der Waals surface area contributed by atoms with Crippen LogP contribution >= 0.6 is 0 Å². The van der Waals surface area contributed by atoms with Crippen LogP contribution < -0.4 is 8.75 Å². The predicted octanol–water partition coefficient (Wildman–Crippen LogP) is 1.62. The Hall–Kier alpha value is -1.04. The Labute approximate surface area is 110 Å². The van der Waals surface area contributed by atoms with E-state index in [0.717, 1.165) is 19.4 Å². The molecule has 0 aromatic carbocycles. The molecule has 1 heterocycles. The molecule has 0 fully saturated rings. The molecule has 0 radical (unpaired) electrons. The fourth-order valence-corrected chi connectivity index (χ4v) is 2.23. The van der Waals surface area contributed by atoms with Gasteiger partial charge in [-0.1, -0.05) is 19.8 Å². The van der Waals surface area contributed by atoms with Crippen LogP contribution in [0.5, 0.6) is 6.01 Å². The molecule has 18 heavy (non-hydrogen) atoms. The molecule has 1 rings (SSSR count).